The first-order valence-corrected chi connectivity index (χ1v) is 6.22. The molecule has 1 heterocycles. The van der Waals surface area contributed by atoms with E-state index in [4.69, 9.17) is 5.11 Å². The molecule has 0 saturated heterocycles. The zero-order chi connectivity index (χ0) is 13.1. The Bertz CT molecular complexity index is 419. The maximum absolute atomic E-state index is 10.6. The van der Waals surface area contributed by atoms with Gasteiger partial charge < -0.3 is 10.4 Å². The van der Waals surface area contributed by atoms with Crippen LogP contribution in [0.15, 0.2) is 16.7 Å². The Kier molecular flexibility index (Phi) is 4.51. The van der Waals surface area contributed by atoms with Gasteiger partial charge in [0.1, 0.15) is 5.82 Å². The molecule has 0 spiro atoms. The van der Waals surface area contributed by atoms with E-state index in [-0.39, 0.29) is 12.0 Å². The standard InChI is InChI=1S/C12H17BrN2O2/c1-8-5-7-14-11(10(8)13)15-12(2,3)6-4-9(16)17/h5,7H,4,6H2,1-3H3,(H,14,15)(H,16,17). The summed E-state index contributed by atoms with van der Waals surface area (Å²) in [5.74, 6) is -0.0310. The Balaban J connectivity index is 2.75. The third-order valence-electron chi connectivity index (χ3n) is 2.50. The van der Waals surface area contributed by atoms with Crippen molar-refractivity contribution in [1.29, 1.82) is 0 Å². The van der Waals surface area contributed by atoms with Gasteiger partial charge in [0.25, 0.3) is 0 Å². The summed E-state index contributed by atoms with van der Waals surface area (Å²) in [6.45, 7) is 5.92. The minimum Gasteiger partial charge on any atom is -0.481 e. The van der Waals surface area contributed by atoms with Gasteiger partial charge >= 0.3 is 5.97 Å². The van der Waals surface area contributed by atoms with Crippen molar-refractivity contribution < 1.29 is 9.90 Å². The molecule has 2 N–H and O–H groups in total. The van der Waals surface area contributed by atoms with E-state index >= 15 is 0 Å². The van der Waals surface area contributed by atoms with Crippen molar-refractivity contribution in [3.05, 3.63) is 22.3 Å². The molecule has 0 radical (unpaired) electrons. The highest BCUT2D eigenvalue weighted by molar-refractivity contribution is 9.10. The smallest absolute Gasteiger partial charge is 0.303 e. The summed E-state index contributed by atoms with van der Waals surface area (Å²) in [5, 5.41) is 12.0. The SMILES string of the molecule is Cc1ccnc(NC(C)(C)CCC(=O)O)c1Br. The monoisotopic (exact) mass is 300 g/mol. The van der Waals surface area contributed by atoms with Gasteiger partial charge in [-0.1, -0.05) is 0 Å². The van der Waals surface area contributed by atoms with Crippen LogP contribution in [0.5, 0.6) is 0 Å². The number of aliphatic carboxylic acids is 1. The molecule has 0 aliphatic carbocycles. The molecule has 0 atom stereocenters. The van der Waals surface area contributed by atoms with Gasteiger partial charge in [-0.3, -0.25) is 4.79 Å². The maximum Gasteiger partial charge on any atom is 0.303 e. The molecule has 1 aromatic rings. The van der Waals surface area contributed by atoms with Crippen LogP contribution in [0.1, 0.15) is 32.3 Å². The molecule has 1 aromatic heterocycles. The molecule has 0 fully saturated rings. The first kappa shape index (κ1) is 14.0. The van der Waals surface area contributed by atoms with Gasteiger partial charge in [-0.15, -0.1) is 0 Å². The van der Waals surface area contributed by atoms with Crippen LogP contribution in [0, 0.1) is 6.92 Å². The highest BCUT2D eigenvalue weighted by atomic mass is 79.9. The van der Waals surface area contributed by atoms with E-state index in [1.54, 1.807) is 6.20 Å². The van der Waals surface area contributed by atoms with Crippen LogP contribution in [-0.2, 0) is 4.79 Å². The molecule has 94 valence electrons. The summed E-state index contributed by atoms with van der Waals surface area (Å²) in [5.41, 5.74) is 0.790. The van der Waals surface area contributed by atoms with Crippen LogP contribution in [-0.4, -0.2) is 21.6 Å². The van der Waals surface area contributed by atoms with Crippen LogP contribution in [0.4, 0.5) is 5.82 Å². The second kappa shape index (κ2) is 5.49. The lowest BCUT2D eigenvalue weighted by molar-refractivity contribution is -0.137. The van der Waals surface area contributed by atoms with Gasteiger partial charge in [0, 0.05) is 18.2 Å². The first-order valence-electron chi connectivity index (χ1n) is 5.43. The number of hydrogen-bond donors (Lipinski definition) is 2. The zero-order valence-corrected chi connectivity index (χ0v) is 11.8. The first-order chi connectivity index (χ1) is 7.82. The van der Waals surface area contributed by atoms with E-state index in [2.05, 4.69) is 26.2 Å². The summed E-state index contributed by atoms with van der Waals surface area (Å²) in [7, 11) is 0. The summed E-state index contributed by atoms with van der Waals surface area (Å²) < 4.78 is 0.920. The van der Waals surface area contributed by atoms with Crippen LogP contribution in [0.25, 0.3) is 0 Å². The molecule has 0 bridgehead atoms. The number of hydrogen-bond acceptors (Lipinski definition) is 3. The molecule has 5 heteroatoms. The van der Waals surface area contributed by atoms with E-state index in [1.165, 1.54) is 0 Å². The van der Waals surface area contributed by atoms with E-state index in [1.807, 2.05) is 26.8 Å². The Hall–Kier alpha value is -1.10. The summed E-state index contributed by atoms with van der Waals surface area (Å²) in [4.78, 5) is 14.8. The summed E-state index contributed by atoms with van der Waals surface area (Å²) in [6.07, 6.45) is 2.42. The lowest BCUT2D eigenvalue weighted by atomic mass is 9.98. The van der Waals surface area contributed by atoms with Gasteiger partial charge in [0.2, 0.25) is 0 Å². The molecular formula is C12H17BrN2O2. The number of carboxylic acids is 1. The Labute approximate surface area is 110 Å². The summed E-state index contributed by atoms with van der Waals surface area (Å²) >= 11 is 3.47. The number of nitrogens with zero attached hydrogens (tertiary/aromatic N) is 1. The molecule has 0 saturated carbocycles. The molecule has 17 heavy (non-hydrogen) atoms. The average molecular weight is 301 g/mol. The Morgan fingerprint density at radius 1 is 1.59 bits per heavy atom. The van der Waals surface area contributed by atoms with Gasteiger partial charge in [0.15, 0.2) is 0 Å². The third kappa shape index (κ3) is 4.34. The molecule has 0 aromatic carbocycles. The lowest BCUT2D eigenvalue weighted by Gasteiger charge is -2.27. The van der Waals surface area contributed by atoms with E-state index in [0.717, 1.165) is 15.9 Å². The molecule has 0 aliphatic heterocycles. The number of anilines is 1. The number of carboxylic acid groups (broad SMARTS) is 1. The number of nitrogens with one attached hydrogen (secondary N) is 1. The predicted octanol–water partition coefficient (Wildman–Crippen LogP) is 3.21. The minimum absolute atomic E-state index is 0.142. The number of aryl methyl sites for hydroxylation is 1. The Morgan fingerprint density at radius 3 is 2.82 bits per heavy atom. The fourth-order valence-corrected chi connectivity index (χ4v) is 1.76. The quantitative estimate of drug-likeness (QED) is 0.876. The average Bonchev–Trinajstić information content (AvgIpc) is 2.22. The third-order valence-corrected chi connectivity index (χ3v) is 3.50. The predicted molar refractivity (Wildman–Crippen MR) is 71.2 cm³/mol. The van der Waals surface area contributed by atoms with Crippen LogP contribution in [0.2, 0.25) is 0 Å². The van der Waals surface area contributed by atoms with Crippen molar-refractivity contribution in [1.82, 2.24) is 4.98 Å². The van der Waals surface area contributed by atoms with Crippen molar-refractivity contribution in [3.8, 4) is 0 Å². The second-order valence-corrected chi connectivity index (χ2v) is 5.49. The van der Waals surface area contributed by atoms with Crippen molar-refractivity contribution in [2.45, 2.75) is 39.2 Å². The van der Waals surface area contributed by atoms with E-state index < -0.39 is 5.97 Å². The number of rotatable bonds is 5. The number of carbonyl (C=O) groups is 1. The van der Waals surface area contributed by atoms with E-state index in [9.17, 15) is 4.79 Å². The van der Waals surface area contributed by atoms with Gasteiger partial charge in [-0.25, -0.2) is 4.98 Å². The fourth-order valence-electron chi connectivity index (χ4n) is 1.43. The van der Waals surface area contributed by atoms with Gasteiger partial charge in [0.05, 0.1) is 4.47 Å². The molecule has 0 aliphatic rings. The van der Waals surface area contributed by atoms with E-state index in [0.29, 0.717) is 6.42 Å². The van der Waals surface area contributed by atoms with Gasteiger partial charge in [-0.05, 0) is 54.8 Å². The van der Waals surface area contributed by atoms with Crippen LogP contribution < -0.4 is 5.32 Å². The maximum atomic E-state index is 10.6. The molecule has 0 unspecified atom stereocenters. The van der Waals surface area contributed by atoms with Crippen molar-refractivity contribution >= 4 is 27.7 Å². The lowest BCUT2D eigenvalue weighted by Crippen LogP contribution is -2.32. The zero-order valence-electron chi connectivity index (χ0n) is 10.2. The molecule has 1 rings (SSSR count). The topological polar surface area (TPSA) is 62.2 Å². The fraction of sp³-hybridized carbons (Fsp3) is 0.500. The Morgan fingerprint density at radius 2 is 2.24 bits per heavy atom. The van der Waals surface area contributed by atoms with Crippen molar-refractivity contribution in [3.63, 3.8) is 0 Å². The molecule has 0 amide bonds. The van der Waals surface area contributed by atoms with Gasteiger partial charge in [-0.2, -0.15) is 0 Å². The summed E-state index contributed by atoms with van der Waals surface area (Å²) in [6, 6.07) is 1.92. The molecular weight excluding hydrogens is 284 g/mol. The van der Waals surface area contributed by atoms with Crippen LogP contribution >= 0.6 is 15.9 Å². The highest BCUT2D eigenvalue weighted by Crippen LogP contribution is 2.27. The van der Waals surface area contributed by atoms with Crippen molar-refractivity contribution in [2.24, 2.45) is 0 Å². The number of halogens is 1. The number of aromatic nitrogens is 1. The van der Waals surface area contributed by atoms with Crippen molar-refractivity contribution in [2.75, 3.05) is 5.32 Å². The largest absolute Gasteiger partial charge is 0.481 e. The van der Waals surface area contributed by atoms with Crippen LogP contribution in [0.3, 0.4) is 0 Å². The second-order valence-electron chi connectivity index (χ2n) is 4.69. The highest BCUT2D eigenvalue weighted by Gasteiger charge is 2.20. The molecule has 4 nitrogen and oxygen atoms in total. The number of pyridine rings is 1. The normalized spacial score (nSPS) is 11.3. The minimum atomic E-state index is -0.781.